The number of likely N-dealkylation sites (tertiary alicyclic amines) is 1. The van der Waals surface area contributed by atoms with Crippen LogP contribution in [0.2, 0.25) is 0 Å². The summed E-state index contributed by atoms with van der Waals surface area (Å²) in [5.74, 6) is -1.36. The average Bonchev–Trinajstić information content (AvgIpc) is 3.66. The van der Waals surface area contributed by atoms with Gasteiger partial charge in [0.2, 0.25) is 0 Å². The van der Waals surface area contributed by atoms with Crippen LogP contribution in [0.1, 0.15) is 60.0 Å². The molecule has 0 unspecified atom stereocenters. The molecule has 1 amide bonds. The molecule has 2 fully saturated rings. The molecule has 2 aliphatic heterocycles. The number of rotatable bonds is 10. The third-order valence-electron chi connectivity index (χ3n) is 8.56. The second-order valence-electron chi connectivity index (χ2n) is 11.1. The van der Waals surface area contributed by atoms with Crippen molar-refractivity contribution in [2.75, 3.05) is 44.1 Å². The molecule has 4 heterocycles. The van der Waals surface area contributed by atoms with E-state index in [1.165, 1.54) is 50.1 Å². The molecule has 1 aromatic carbocycles. The summed E-state index contributed by atoms with van der Waals surface area (Å²) < 4.78 is 51.8. The van der Waals surface area contributed by atoms with E-state index in [9.17, 15) is 27.9 Å². The van der Waals surface area contributed by atoms with Gasteiger partial charge in [0, 0.05) is 56.1 Å². The summed E-state index contributed by atoms with van der Waals surface area (Å²) in [6.07, 6.45) is 1.73. The third-order valence-corrected chi connectivity index (χ3v) is 9.52. The molecule has 3 aromatic rings. The minimum absolute atomic E-state index is 0.0280. The van der Waals surface area contributed by atoms with Crippen molar-refractivity contribution in [2.24, 2.45) is 0 Å². The lowest BCUT2D eigenvalue weighted by atomic mass is 9.91. The zero-order chi connectivity index (χ0) is 32.4. The van der Waals surface area contributed by atoms with Gasteiger partial charge in [0.25, 0.3) is 5.91 Å². The molecule has 11 nitrogen and oxygen atoms in total. The Labute approximate surface area is 262 Å². The number of carboxylic acid groups (broad SMARTS) is 1. The van der Waals surface area contributed by atoms with Gasteiger partial charge in [0.1, 0.15) is 17.3 Å². The first kappa shape index (κ1) is 32.6. The van der Waals surface area contributed by atoms with Crippen LogP contribution in [0.3, 0.4) is 0 Å². The first-order valence-corrected chi connectivity index (χ1v) is 15.5. The predicted molar refractivity (Wildman–Crippen MR) is 162 cm³/mol. The number of halogens is 3. The van der Waals surface area contributed by atoms with Gasteiger partial charge in [0.15, 0.2) is 10.7 Å². The SMILES string of the molecule is CC[C@@H]1CCCN1Cc1sc(NC(=O)c2cnc(N3CCC(OC)(C(=O)O)CC3)cn2)nc1-c1ccc(OC)c(C(F)(F)F)c1. The van der Waals surface area contributed by atoms with Crippen molar-refractivity contribution >= 4 is 34.2 Å². The summed E-state index contributed by atoms with van der Waals surface area (Å²) in [4.78, 5) is 42.9. The number of piperidine rings is 1. The summed E-state index contributed by atoms with van der Waals surface area (Å²) in [5.41, 5.74) is -1.47. The minimum atomic E-state index is -4.63. The van der Waals surface area contributed by atoms with Crippen LogP contribution in [0.5, 0.6) is 5.75 Å². The number of methoxy groups -OCH3 is 2. The molecular weight excluding hydrogens is 613 g/mol. The summed E-state index contributed by atoms with van der Waals surface area (Å²) in [7, 11) is 2.58. The lowest BCUT2D eigenvalue weighted by molar-refractivity contribution is -0.164. The normalized spacial score (nSPS) is 18.6. The number of aliphatic carboxylic acids is 1. The zero-order valence-corrected chi connectivity index (χ0v) is 26.0. The van der Waals surface area contributed by atoms with Gasteiger partial charge in [-0.3, -0.25) is 15.0 Å². The van der Waals surface area contributed by atoms with Gasteiger partial charge in [-0.1, -0.05) is 18.3 Å². The van der Waals surface area contributed by atoms with Gasteiger partial charge in [-0.05, 0) is 44.0 Å². The van der Waals surface area contributed by atoms with E-state index in [1.807, 2.05) is 4.90 Å². The second kappa shape index (κ2) is 13.3. The van der Waals surface area contributed by atoms with E-state index in [4.69, 9.17) is 9.47 Å². The van der Waals surface area contributed by atoms with Crippen LogP contribution in [0.15, 0.2) is 30.6 Å². The number of carboxylic acids is 1. The van der Waals surface area contributed by atoms with Crippen LogP contribution < -0.4 is 15.0 Å². The van der Waals surface area contributed by atoms with Crippen LogP contribution >= 0.6 is 11.3 Å². The highest BCUT2D eigenvalue weighted by atomic mass is 32.1. The number of amides is 1. The summed E-state index contributed by atoms with van der Waals surface area (Å²) in [6.45, 7) is 4.26. The standard InChI is InChI=1S/C30H35F3N6O5S/c1-4-19-6-5-11-39(19)17-23-25(18-7-8-22(43-2)20(14-18)30(31,32)33)36-28(45-23)37-26(40)21-15-35-24(16-34-21)38-12-9-29(44-3,10-13-38)27(41)42/h7-8,14-16,19H,4-6,9-13,17H2,1-3H3,(H,41,42)(H,36,37,40)/t19-/m1/s1. The first-order valence-electron chi connectivity index (χ1n) is 14.6. The number of alkyl halides is 3. The Bertz CT molecular complexity index is 1530. The minimum Gasteiger partial charge on any atom is -0.496 e. The van der Waals surface area contributed by atoms with Gasteiger partial charge >= 0.3 is 12.1 Å². The van der Waals surface area contributed by atoms with Crippen LogP contribution in [-0.2, 0) is 22.3 Å². The fourth-order valence-corrected chi connectivity index (χ4v) is 6.93. The molecular formula is C30H35F3N6O5S. The molecule has 0 spiro atoms. The highest BCUT2D eigenvalue weighted by Crippen LogP contribution is 2.41. The smallest absolute Gasteiger partial charge is 0.419 e. The number of nitrogens with one attached hydrogen (secondary N) is 1. The fourth-order valence-electron chi connectivity index (χ4n) is 5.93. The number of anilines is 2. The maximum absolute atomic E-state index is 13.8. The maximum Gasteiger partial charge on any atom is 0.419 e. The molecule has 2 aliphatic rings. The number of thiazole rings is 1. The quantitative estimate of drug-likeness (QED) is 0.298. The van der Waals surface area contributed by atoms with Crippen molar-refractivity contribution in [2.45, 2.75) is 63.4 Å². The third kappa shape index (κ3) is 6.89. The lowest BCUT2D eigenvalue weighted by Crippen LogP contribution is -2.51. The number of benzene rings is 1. The molecule has 5 rings (SSSR count). The van der Waals surface area contributed by atoms with Gasteiger partial charge < -0.3 is 19.5 Å². The molecule has 0 bridgehead atoms. The van der Waals surface area contributed by atoms with E-state index in [0.29, 0.717) is 37.2 Å². The molecule has 45 heavy (non-hydrogen) atoms. The van der Waals surface area contributed by atoms with Crippen molar-refractivity contribution in [1.82, 2.24) is 19.9 Å². The molecule has 0 aliphatic carbocycles. The van der Waals surface area contributed by atoms with Crippen molar-refractivity contribution < 1.29 is 37.3 Å². The molecule has 2 aromatic heterocycles. The number of hydrogen-bond donors (Lipinski definition) is 2. The van der Waals surface area contributed by atoms with Crippen molar-refractivity contribution in [3.05, 3.63) is 46.7 Å². The lowest BCUT2D eigenvalue weighted by Gasteiger charge is -2.38. The Kier molecular flexibility index (Phi) is 9.60. The zero-order valence-electron chi connectivity index (χ0n) is 25.2. The summed E-state index contributed by atoms with van der Waals surface area (Å²) in [6, 6.07) is 4.21. The average molecular weight is 649 g/mol. The molecule has 2 saturated heterocycles. The van der Waals surface area contributed by atoms with Crippen LogP contribution in [0.4, 0.5) is 24.1 Å². The molecule has 1 atom stereocenters. The van der Waals surface area contributed by atoms with Crippen molar-refractivity contribution in [3.8, 4) is 17.0 Å². The molecule has 0 saturated carbocycles. The summed E-state index contributed by atoms with van der Waals surface area (Å²) in [5, 5.41) is 12.5. The summed E-state index contributed by atoms with van der Waals surface area (Å²) >= 11 is 1.22. The molecule has 15 heteroatoms. The Morgan fingerprint density at radius 2 is 1.91 bits per heavy atom. The van der Waals surface area contributed by atoms with Gasteiger partial charge in [-0.25, -0.2) is 19.7 Å². The maximum atomic E-state index is 13.8. The first-order chi connectivity index (χ1) is 21.5. The van der Waals surface area contributed by atoms with E-state index in [2.05, 4.69) is 32.1 Å². The Hall–Kier alpha value is -3.82. The second-order valence-corrected chi connectivity index (χ2v) is 12.2. The van der Waals surface area contributed by atoms with Gasteiger partial charge in [0.05, 0.1) is 30.8 Å². The number of ether oxygens (including phenoxy) is 2. The Morgan fingerprint density at radius 1 is 1.16 bits per heavy atom. The molecule has 0 radical (unpaired) electrons. The Balaban J connectivity index is 1.36. The number of hydrogen-bond acceptors (Lipinski definition) is 10. The van der Waals surface area contributed by atoms with Crippen molar-refractivity contribution in [1.29, 1.82) is 0 Å². The largest absolute Gasteiger partial charge is 0.496 e. The van der Waals surface area contributed by atoms with E-state index < -0.39 is 29.2 Å². The van der Waals surface area contributed by atoms with E-state index >= 15 is 0 Å². The molecule has 242 valence electrons. The van der Waals surface area contributed by atoms with E-state index in [-0.39, 0.29) is 35.0 Å². The van der Waals surface area contributed by atoms with Crippen molar-refractivity contribution in [3.63, 3.8) is 0 Å². The van der Waals surface area contributed by atoms with Crippen LogP contribution in [0, 0.1) is 0 Å². The number of carbonyl (C=O) groups excluding carboxylic acids is 1. The number of aromatic nitrogens is 3. The van der Waals surface area contributed by atoms with Crippen LogP contribution in [0.25, 0.3) is 11.3 Å². The van der Waals surface area contributed by atoms with E-state index in [0.717, 1.165) is 36.8 Å². The fraction of sp³-hybridized carbons (Fsp3) is 0.500. The van der Waals surface area contributed by atoms with Crippen LogP contribution in [-0.4, -0.2) is 82.3 Å². The topological polar surface area (TPSA) is 130 Å². The highest BCUT2D eigenvalue weighted by molar-refractivity contribution is 7.16. The Morgan fingerprint density at radius 3 is 2.51 bits per heavy atom. The predicted octanol–water partition coefficient (Wildman–Crippen LogP) is 5.32. The number of nitrogens with zero attached hydrogens (tertiary/aromatic N) is 5. The van der Waals surface area contributed by atoms with E-state index in [1.54, 1.807) is 0 Å². The molecule has 2 N–H and O–H groups in total. The van der Waals surface area contributed by atoms with Gasteiger partial charge in [-0.2, -0.15) is 13.2 Å². The number of carbonyl (C=O) groups is 2. The van der Waals surface area contributed by atoms with Gasteiger partial charge in [-0.15, -0.1) is 0 Å². The highest BCUT2D eigenvalue weighted by Gasteiger charge is 2.42. The monoisotopic (exact) mass is 648 g/mol.